The fraction of sp³-hybridized carbons (Fsp3) is 0.636. The molecule has 15 heavy (non-hydrogen) atoms. The number of rotatable bonds is 7. The Morgan fingerprint density at radius 3 is 2.60 bits per heavy atom. The average Bonchev–Trinajstić information content (AvgIpc) is 2.26. The van der Waals surface area contributed by atoms with Crippen LogP contribution in [0.4, 0.5) is 5.95 Å². The maximum absolute atomic E-state index is 4.97. The van der Waals surface area contributed by atoms with Crippen molar-refractivity contribution in [2.45, 2.75) is 26.2 Å². The number of unbranched alkanes of at least 4 members (excludes halogenated alkanes) is 2. The van der Waals surface area contributed by atoms with Gasteiger partial charge in [0.15, 0.2) is 0 Å². The predicted molar refractivity (Wildman–Crippen MR) is 61.0 cm³/mol. The van der Waals surface area contributed by atoms with Crippen molar-refractivity contribution in [2.75, 3.05) is 25.6 Å². The van der Waals surface area contributed by atoms with Crippen LogP contribution in [0.2, 0.25) is 0 Å². The first-order valence-corrected chi connectivity index (χ1v) is 5.34. The third kappa shape index (κ3) is 5.32. The monoisotopic (exact) mass is 209 g/mol. The summed E-state index contributed by atoms with van der Waals surface area (Å²) in [5.41, 5.74) is 1.08. The molecule has 84 valence electrons. The maximum Gasteiger partial charge on any atom is 0.222 e. The highest BCUT2D eigenvalue weighted by molar-refractivity contribution is 5.23. The molecule has 0 saturated carbocycles. The first-order chi connectivity index (χ1) is 7.33. The number of nitrogens with one attached hydrogen (secondary N) is 1. The summed E-state index contributed by atoms with van der Waals surface area (Å²) in [5.74, 6) is 0.715. The van der Waals surface area contributed by atoms with Gasteiger partial charge < -0.3 is 10.1 Å². The molecule has 0 aliphatic carbocycles. The second kappa shape index (κ2) is 7.17. The minimum absolute atomic E-state index is 0.715. The molecule has 0 aromatic carbocycles. The van der Waals surface area contributed by atoms with Gasteiger partial charge in [0.1, 0.15) is 0 Å². The van der Waals surface area contributed by atoms with E-state index in [1.807, 2.05) is 19.3 Å². The summed E-state index contributed by atoms with van der Waals surface area (Å²) in [6, 6.07) is 0. The number of ether oxygens (including phenoxy) is 1. The lowest BCUT2D eigenvalue weighted by atomic mass is 10.2. The summed E-state index contributed by atoms with van der Waals surface area (Å²) in [6.45, 7) is 3.75. The van der Waals surface area contributed by atoms with E-state index in [-0.39, 0.29) is 0 Å². The summed E-state index contributed by atoms with van der Waals surface area (Å²) in [7, 11) is 1.73. The predicted octanol–water partition coefficient (Wildman–Crippen LogP) is 2.01. The topological polar surface area (TPSA) is 47.0 Å². The standard InChI is InChI=1S/C11H19N3O/c1-10-8-13-11(14-9-10)12-6-4-3-5-7-15-2/h8-9H,3-7H2,1-2H3,(H,12,13,14). The highest BCUT2D eigenvalue weighted by atomic mass is 16.5. The van der Waals surface area contributed by atoms with Crippen LogP contribution in [-0.4, -0.2) is 30.2 Å². The SMILES string of the molecule is COCCCCCNc1ncc(C)cn1. The molecule has 1 aromatic rings. The molecule has 0 spiro atoms. The molecule has 0 amide bonds. The number of aryl methyl sites for hydroxylation is 1. The lowest BCUT2D eigenvalue weighted by Gasteiger charge is -2.04. The van der Waals surface area contributed by atoms with E-state index < -0.39 is 0 Å². The summed E-state index contributed by atoms with van der Waals surface area (Å²) in [4.78, 5) is 8.33. The second-order valence-electron chi connectivity index (χ2n) is 3.56. The van der Waals surface area contributed by atoms with Gasteiger partial charge in [0.05, 0.1) is 0 Å². The number of aromatic nitrogens is 2. The molecule has 1 aromatic heterocycles. The zero-order valence-electron chi connectivity index (χ0n) is 9.49. The molecule has 0 aliphatic heterocycles. The summed E-state index contributed by atoms with van der Waals surface area (Å²) < 4.78 is 4.97. The van der Waals surface area contributed by atoms with E-state index >= 15 is 0 Å². The molecule has 4 nitrogen and oxygen atoms in total. The first-order valence-electron chi connectivity index (χ1n) is 5.34. The van der Waals surface area contributed by atoms with Crippen LogP contribution >= 0.6 is 0 Å². The van der Waals surface area contributed by atoms with Crippen molar-refractivity contribution in [2.24, 2.45) is 0 Å². The van der Waals surface area contributed by atoms with Gasteiger partial charge in [-0.2, -0.15) is 0 Å². The molecule has 1 heterocycles. The highest BCUT2D eigenvalue weighted by Gasteiger charge is 1.94. The van der Waals surface area contributed by atoms with Crippen LogP contribution in [0.25, 0.3) is 0 Å². The molecule has 0 aliphatic rings. The third-order valence-electron chi connectivity index (χ3n) is 2.09. The van der Waals surface area contributed by atoms with E-state index in [1.165, 1.54) is 6.42 Å². The quantitative estimate of drug-likeness (QED) is 0.698. The smallest absolute Gasteiger partial charge is 0.222 e. The van der Waals surface area contributed by atoms with E-state index in [0.717, 1.165) is 31.6 Å². The van der Waals surface area contributed by atoms with Gasteiger partial charge in [0.2, 0.25) is 5.95 Å². The van der Waals surface area contributed by atoms with Gasteiger partial charge in [-0.25, -0.2) is 9.97 Å². The second-order valence-corrected chi connectivity index (χ2v) is 3.56. The van der Waals surface area contributed by atoms with Crippen molar-refractivity contribution in [3.05, 3.63) is 18.0 Å². The third-order valence-corrected chi connectivity index (χ3v) is 2.09. The Hall–Kier alpha value is -1.16. The zero-order chi connectivity index (χ0) is 10.9. The minimum atomic E-state index is 0.715. The fourth-order valence-electron chi connectivity index (χ4n) is 1.23. The van der Waals surface area contributed by atoms with Crippen LogP contribution in [0.1, 0.15) is 24.8 Å². The van der Waals surface area contributed by atoms with E-state index in [9.17, 15) is 0 Å². The number of nitrogens with zero attached hydrogens (tertiary/aromatic N) is 2. The van der Waals surface area contributed by atoms with Gasteiger partial charge in [-0.05, 0) is 31.7 Å². The van der Waals surface area contributed by atoms with Crippen molar-refractivity contribution in [3.63, 3.8) is 0 Å². The Labute approximate surface area is 91.1 Å². The van der Waals surface area contributed by atoms with E-state index in [2.05, 4.69) is 15.3 Å². The molecular weight excluding hydrogens is 190 g/mol. The van der Waals surface area contributed by atoms with E-state index in [0.29, 0.717) is 5.95 Å². The van der Waals surface area contributed by atoms with Crippen molar-refractivity contribution in [1.29, 1.82) is 0 Å². The minimum Gasteiger partial charge on any atom is -0.385 e. The molecule has 1 N–H and O–H groups in total. The Morgan fingerprint density at radius 1 is 1.20 bits per heavy atom. The molecule has 0 atom stereocenters. The molecule has 1 rings (SSSR count). The van der Waals surface area contributed by atoms with Crippen molar-refractivity contribution < 1.29 is 4.74 Å². The highest BCUT2D eigenvalue weighted by Crippen LogP contribution is 2.00. The molecule has 0 saturated heterocycles. The van der Waals surface area contributed by atoms with Gasteiger partial charge in [-0.1, -0.05) is 0 Å². The maximum atomic E-state index is 4.97. The van der Waals surface area contributed by atoms with Crippen LogP contribution in [0.5, 0.6) is 0 Å². The van der Waals surface area contributed by atoms with Gasteiger partial charge >= 0.3 is 0 Å². The van der Waals surface area contributed by atoms with Crippen LogP contribution in [0, 0.1) is 6.92 Å². The van der Waals surface area contributed by atoms with Crippen LogP contribution in [0.3, 0.4) is 0 Å². The van der Waals surface area contributed by atoms with Crippen molar-refractivity contribution in [1.82, 2.24) is 9.97 Å². The lowest BCUT2D eigenvalue weighted by Crippen LogP contribution is -2.05. The molecule has 0 unspecified atom stereocenters. The van der Waals surface area contributed by atoms with Gasteiger partial charge in [0.25, 0.3) is 0 Å². The number of methoxy groups -OCH3 is 1. The van der Waals surface area contributed by atoms with Crippen LogP contribution in [0.15, 0.2) is 12.4 Å². The molecule has 0 radical (unpaired) electrons. The lowest BCUT2D eigenvalue weighted by molar-refractivity contribution is 0.192. The van der Waals surface area contributed by atoms with E-state index in [1.54, 1.807) is 7.11 Å². The number of hydrogen-bond acceptors (Lipinski definition) is 4. The summed E-state index contributed by atoms with van der Waals surface area (Å²) >= 11 is 0. The number of anilines is 1. The van der Waals surface area contributed by atoms with E-state index in [4.69, 9.17) is 4.74 Å². The number of hydrogen-bond donors (Lipinski definition) is 1. The van der Waals surface area contributed by atoms with Gasteiger partial charge in [0, 0.05) is 32.7 Å². The van der Waals surface area contributed by atoms with Gasteiger partial charge in [-0.3, -0.25) is 0 Å². The summed E-state index contributed by atoms with van der Waals surface area (Å²) in [6.07, 6.45) is 7.06. The Balaban J connectivity index is 2.07. The zero-order valence-corrected chi connectivity index (χ0v) is 9.49. The molecule has 0 fully saturated rings. The Kier molecular flexibility index (Phi) is 5.70. The molecule has 0 bridgehead atoms. The van der Waals surface area contributed by atoms with Crippen LogP contribution < -0.4 is 5.32 Å². The average molecular weight is 209 g/mol. The van der Waals surface area contributed by atoms with Crippen LogP contribution in [-0.2, 0) is 4.74 Å². The van der Waals surface area contributed by atoms with Crippen molar-refractivity contribution in [3.8, 4) is 0 Å². The van der Waals surface area contributed by atoms with Gasteiger partial charge in [-0.15, -0.1) is 0 Å². The Morgan fingerprint density at radius 2 is 1.93 bits per heavy atom. The largest absolute Gasteiger partial charge is 0.385 e. The Bertz CT molecular complexity index is 261. The molecular formula is C11H19N3O. The fourth-order valence-corrected chi connectivity index (χ4v) is 1.23. The first kappa shape index (κ1) is 11.9. The normalized spacial score (nSPS) is 10.3. The molecule has 4 heteroatoms. The summed E-state index contributed by atoms with van der Waals surface area (Å²) in [5, 5.41) is 3.19. The van der Waals surface area contributed by atoms with Crippen molar-refractivity contribution >= 4 is 5.95 Å².